The molecular formula is C14H17FO4S. The van der Waals surface area contributed by atoms with E-state index in [-0.39, 0.29) is 5.56 Å². The summed E-state index contributed by atoms with van der Waals surface area (Å²) < 4.78 is 42.8. The fraction of sp³-hybridized carbons (Fsp3) is 0.500. The Balaban J connectivity index is 2.18. The van der Waals surface area contributed by atoms with E-state index in [2.05, 4.69) is 0 Å². The number of Topliss-reactive ketones (excluding diaryl/α,β-unsaturated/α-hetero) is 1. The Bertz CT molecular complexity index is 574. The molecule has 1 heterocycles. The lowest BCUT2D eigenvalue weighted by Gasteiger charge is -2.24. The maximum atomic E-state index is 12.8. The molecule has 1 unspecified atom stereocenters. The van der Waals surface area contributed by atoms with E-state index in [1.807, 2.05) is 0 Å². The first-order valence-corrected chi connectivity index (χ1v) is 8.14. The van der Waals surface area contributed by atoms with Crippen molar-refractivity contribution >= 4 is 15.6 Å². The summed E-state index contributed by atoms with van der Waals surface area (Å²) in [5, 5.41) is -1.65. The van der Waals surface area contributed by atoms with Gasteiger partial charge >= 0.3 is 0 Å². The van der Waals surface area contributed by atoms with Gasteiger partial charge in [-0.05, 0) is 44.0 Å². The number of ketones is 1. The van der Waals surface area contributed by atoms with Crippen molar-refractivity contribution < 1.29 is 22.3 Å². The molecular weight excluding hydrogens is 283 g/mol. The Morgan fingerprint density at radius 1 is 1.25 bits per heavy atom. The normalized spacial score (nSPS) is 18.7. The van der Waals surface area contributed by atoms with Crippen molar-refractivity contribution in [2.24, 2.45) is 0 Å². The van der Waals surface area contributed by atoms with Crippen molar-refractivity contribution in [3.05, 3.63) is 35.6 Å². The first-order chi connectivity index (χ1) is 9.43. The topological polar surface area (TPSA) is 60.4 Å². The number of rotatable bonds is 4. The van der Waals surface area contributed by atoms with Crippen molar-refractivity contribution in [1.82, 2.24) is 0 Å². The van der Waals surface area contributed by atoms with Crippen molar-refractivity contribution in [2.75, 3.05) is 13.2 Å². The van der Waals surface area contributed by atoms with E-state index in [9.17, 15) is 17.6 Å². The quantitative estimate of drug-likeness (QED) is 0.798. The Morgan fingerprint density at radius 3 is 2.35 bits per heavy atom. The molecule has 1 atom stereocenters. The van der Waals surface area contributed by atoms with Gasteiger partial charge in [0.15, 0.2) is 15.6 Å². The van der Waals surface area contributed by atoms with Crippen LogP contribution in [0.25, 0.3) is 0 Å². The zero-order chi connectivity index (χ0) is 14.8. The maximum Gasteiger partial charge on any atom is 0.180 e. The Kier molecular flexibility index (Phi) is 4.55. The summed E-state index contributed by atoms with van der Waals surface area (Å²) in [6.07, 6.45) is 0.840. The Labute approximate surface area is 117 Å². The molecule has 1 aliphatic rings. The average molecular weight is 300 g/mol. The van der Waals surface area contributed by atoms with Crippen LogP contribution in [-0.2, 0) is 14.6 Å². The number of halogens is 1. The van der Waals surface area contributed by atoms with Gasteiger partial charge in [-0.3, -0.25) is 4.79 Å². The molecule has 0 radical (unpaired) electrons. The molecule has 0 saturated carbocycles. The van der Waals surface area contributed by atoms with Gasteiger partial charge in [-0.1, -0.05) is 0 Å². The highest BCUT2D eigenvalue weighted by molar-refractivity contribution is 7.93. The lowest BCUT2D eigenvalue weighted by Crippen LogP contribution is -2.38. The molecule has 6 heteroatoms. The van der Waals surface area contributed by atoms with Crippen molar-refractivity contribution in [2.45, 2.75) is 30.3 Å². The van der Waals surface area contributed by atoms with Crippen LogP contribution >= 0.6 is 0 Å². The third-order valence-corrected chi connectivity index (χ3v) is 6.22. The van der Waals surface area contributed by atoms with E-state index in [0.717, 1.165) is 12.1 Å². The molecule has 0 bridgehead atoms. The molecule has 20 heavy (non-hydrogen) atoms. The average Bonchev–Trinajstić information content (AvgIpc) is 2.47. The lowest BCUT2D eigenvalue weighted by atomic mass is 10.1. The molecule has 110 valence electrons. The van der Waals surface area contributed by atoms with Gasteiger partial charge < -0.3 is 4.74 Å². The minimum Gasteiger partial charge on any atom is -0.381 e. The van der Waals surface area contributed by atoms with E-state index in [0.29, 0.717) is 26.1 Å². The molecule has 0 N–H and O–H groups in total. The van der Waals surface area contributed by atoms with Gasteiger partial charge in [-0.2, -0.15) is 0 Å². The monoisotopic (exact) mass is 300 g/mol. The lowest BCUT2D eigenvalue weighted by molar-refractivity contribution is 0.0957. The fourth-order valence-corrected chi connectivity index (χ4v) is 4.15. The van der Waals surface area contributed by atoms with Gasteiger partial charge in [0, 0.05) is 18.8 Å². The predicted molar refractivity (Wildman–Crippen MR) is 73.0 cm³/mol. The van der Waals surface area contributed by atoms with Crippen molar-refractivity contribution in [1.29, 1.82) is 0 Å². The third-order valence-electron chi connectivity index (χ3n) is 3.62. The highest BCUT2D eigenvalue weighted by atomic mass is 32.2. The molecule has 1 aliphatic heterocycles. The standard InChI is InChI=1S/C14H17FO4S/c1-10(14(16)11-2-4-12(15)5-3-11)20(17,18)13-6-8-19-9-7-13/h2-5,10,13H,6-9H2,1H3. The summed E-state index contributed by atoms with van der Waals surface area (Å²) in [6, 6.07) is 4.93. The van der Waals surface area contributed by atoms with Crippen LogP contribution in [0.5, 0.6) is 0 Å². The van der Waals surface area contributed by atoms with Crippen LogP contribution in [0.2, 0.25) is 0 Å². The first-order valence-electron chi connectivity index (χ1n) is 6.53. The molecule has 0 spiro atoms. The highest BCUT2D eigenvalue weighted by Gasteiger charge is 2.36. The van der Waals surface area contributed by atoms with Crippen LogP contribution in [0.1, 0.15) is 30.1 Å². The van der Waals surface area contributed by atoms with Crippen molar-refractivity contribution in [3.63, 3.8) is 0 Å². The Hall–Kier alpha value is -1.27. The van der Waals surface area contributed by atoms with Gasteiger partial charge in [0.1, 0.15) is 11.1 Å². The molecule has 1 saturated heterocycles. The van der Waals surface area contributed by atoms with Gasteiger partial charge in [0.05, 0.1) is 5.25 Å². The van der Waals surface area contributed by atoms with Crippen LogP contribution in [0.15, 0.2) is 24.3 Å². The summed E-state index contributed by atoms with van der Waals surface area (Å²) in [5.74, 6) is -0.946. The largest absolute Gasteiger partial charge is 0.381 e. The van der Waals surface area contributed by atoms with E-state index >= 15 is 0 Å². The number of sulfone groups is 1. The molecule has 1 aromatic carbocycles. The number of hydrogen-bond acceptors (Lipinski definition) is 4. The molecule has 2 rings (SSSR count). The maximum absolute atomic E-state index is 12.8. The van der Waals surface area contributed by atoms with E-state index in [1.54, 1.807) is 0 Å². The number of carbonyl (C=O) groups excluding carboxylic acids is 1. The number of ether oxygens (including phenoxy) is 1. The predicted octanol–water partition coefficient (Wildman–Crippen LogP) is 1.99. The van der Waals surface area contributed by atoms with Gasteiger partial charge in [-0.15, -0.1) is 0 Å². The van der Waals surface area contributed by atoms with E-state index < -0.39 is 31.9 Å². The van der Waals surface area contributed by atoms with Crippen molar-refractivity contribution in [3.8, 4) is 0 Å². The SMILES string of the molecule is CC(C(=O)c1ccc(F)cc1)S(=O)(=O)C1CCOCC1. The van der Waals surface area contributed by atoms with Gasteiger partial charge in [0.2, 0.25) is 0 Å². The van der Waals surface area contributed by atoms with Crippen LogP contribution in [0, 0.1) is 5.82 Å². The molecule has 0 aliphatic carbocycles. The highest BCUT2D eigenvalue weighted by Crippen LogP contribution is 2.22. The number of benzene rings is 1. The second-order valence-corrected chi connectivity index (χ2v) is 7.47. The summed E-state index contributed by atoms with van der Waals surface area (Å²) in [7, 11) is -3.54. The second-order valence-electron chi connectivity index (χ2n) is 4.91. The smallest absolute Gasteiger partial charge is 0.180 e. The minimum atomic E-state index is -3.54. The van der Waals surface area contributed by atoms with Crippen LogP contribution in [-0.4, -0.2) is 37.9 Å². The summed E-state index contributed by atoms with van der Waals surface area (Å²) in [6.45, 7) is 2.21. The first kappa shape index (κ1) is 15.1. The third kappa shape index (κ3) is 3.07. The zero-order valence-electron chi connectivity index (χ0n) is 11.2. The minimum absolute atomic E-state index is 0.217. The summed E-state index contributed by atoms with van der Waals surface area (Å²) in [4.78, 5) is 12.2. The molecule has 0 amide bonds. The number of carbonyl (C=O) groups is 1. The fourth-order valence-electron chi connectivity index (χ4n) is 2.29. The van der Waals surface area contributed by atoms with E-state index in [1.165, 1.54) is 19.1 Å². The number of hydrogen-bond donors (Lipinski definition) is 0. The second kappa shape index (κ2) is 6.01. The molecule has 1 fully saturated rings. The van der Waals surface area contributed by atoms with Gasteiger partial charge in [-0.25, -0.2) is 12.8 Å². The summed E-state index contributed by atoms with van der Waals surface area (Å²) in [5.41, 5.74) is 0.217. The van der Waals surface area contributed by atoms with Crippen LogP contribution in [0.4, 0.5) is 4.39 Å². The van der Waals surface area contributed by atoms with Gasteiger partial charge in [0.25, 0.3) is 0 Å². The van der Waals surface area contributed by atoms with E-state index in [4.69, 9.17) is 4.74 Å². The van der Waals surface area contributed by atoms with Crippen LogP contribution in [0.3, 0.4) is 0 Å². The Morgan fingerprint density at radius 2 is 1.80 bits per heavy atom. The molecule has 1 aromatic rings. The summed E-state index contributed by atoms with van der Waals surface area (Å²) >= 11 is 0. The zero-order valence-corrected chi connectivity index (χ0v) is 12.0. The van der Waals surface area contributed by atoms with Crippen LogP contribution < -0.4 is 0 Å². The molecule has 4 nitrogen and oxygen atoms in total. The molecule has 0 aromatic heterocycles.